The van der Waals surface area contributed by atoms with Crippen molar-refractivity contribution in [1.82, 2.24) is 0 Å². The molecule has 0 aliphatic heterocycles. The van der Waals surface area contributed by atoms with Crippen LogP contribution in [0.3, 0.4) is 0 Å². The van der Waals surface area contributed by atoms with Crippen molar-refractivity contribution in [3.63, 3.8) is 0 Å². The Bertz CT molecular complexity index is 982. The van der Waals surface area contributed by atoms with Crippen molar-refractivity contribution >= 4 is 27.1 Å². The van der Waals surface area contributed by atoms with Crippen LogP contribution < -0.4 is 10.6 Å². The zero-order chi connectivity index (χ0) is 21.6. The van der Waals surface area contributed by atoms with Gasteiger partial charge in [0.15, 0.2) is 0 Å². The normalized spacial score (nSPS) is 12.5. The van der Waals surface area contributed by atoms with Crippen LogP contribution in [-0.2, 0) is 5.16 Å². The van der Waals surface area contributed by atoms with Gasteiger partial charge in [0.1, 0.15) is 0 Å². The van der Waals surface area contributed by atoms with Gasteiger partial charge < -0.3 is 0 Å². The van der Waals surface area contributed by atoms with Crippen molar-refractivity contribution in [2.75, 3.05) is 12.3 Å². The van der Waals surface area contributed by atoms with Crippen molar-refractivity contribution in [1.29, 1.82) is 0 Å². The van der Waals surface area contributed by atoms with Crippen LogP contribution in [0.15, 0.2) is 121 Å². The van der Waals surface area contributed by atoms with E-state index in [1.54, 1.807) is 0 Å². The molecule has 0 saturated carbocycles. The van der Waals surface area contributed by atoms with Gasteiger partial charge in [0.2, 0.25) is 0 Å². The van der Waals surface area contributed by atoms with Gasteiger partial charge in [0, 0.05) is 0 Å². The monoisotopic (exact) mass is 442 g/mol. The molecule has 0 N–H and O–H groups in total. The van der Waals surface area contributed by atoms with Gasteiger partial charge in [-0.2, -0.15) is 0 Å². The SMILES string of the molecule is CC[PH](CCC(P)(c1ccccc1)c1ccccc1)(c1ccccc1)c1ccccc1. The van der Waals surface area contributed by atoms with E-state index >= 15 is 0 Å². The molecule has 0 aliphatic carbocycles. The molecule has 0 aromatic heterocycles. The van der Waals surface area contributed by atoms with Gasteiger partial charge in [-0.3, -0.25) is 0 Å². The minimum atomic E-state index is -1.91. The van der Waals surface area contributed by atoms with E-state index in [-0.39, 0.29) is 5.16 Å². The van der Waals surface area contributed by atoms with Crippen LogP contribution >= 0.6 is 16.5 Å². The van der Waals surface area contributed by atoms with Crippen LogP contribution in [0.1, 0.15) is 24.5 Å². The fourth-order valence-corrected chi connectivity index (χ4v) is 10.3. The summed E-state index contributed by atoms with van der Waals surface area (Å²) < 4.78 is 0. The minimum absolute atomic E-state index is 0.0977. The Morgan fingerprint density at radius 3 is 1.29 bits per heavy atom. The molecule has 0 saturated heterocycles. The second-order valence-corrected chi connectivity index (χ2v) is 13.9. The average Bonchev–Trinajstić information content (AvgIpc) is 2.87. The number of benzene rings is 4. The molecule has 0 aliphatic rings. The van der Waals surface area contributed by atoms with Gasteiger partial charge in [-0.1, -0.05) is 0 Å². The van der Waals surface area contributed by atoms with Crippen LogP contribution in [0.25, 0.3) is 0 Å². The summed E-state index contributed by atoms with van der Waals surface area (Å²) in [6.45, 7) is 2.39. The molecule has 0 bridgehead atoms. The first-order valence-electron chi connectivity index (χ1n) is 11.2. The maximum absolute atomic E-state index is 3.24. The van der Waals surface area contributed by atoms with Gasteiger partial charge in [-0.05, 0) is 0 Å². The van der Waals surface area contributed by atoms with E-state index in [0.29, 0.717) is 0 Å². The molecule has 0 heterocycles. The zero-order valence-corrected chi connectivity index (χ0v) is 20.4. The molecule has 0 spiro atoms. The summed E-state index contributed by atoms with van der Waals surface area (Å²) in [5, 5.41) is 2.98. The van der Waals surface area contributed by atoms with E-state index in [1.807, 2.05) is 0 Å². The summed E-state index contributed by atoms with van der Waals surface area (Å²) in [5.41, 5.74) is 2.73. The van der Waals surface area contributed by atoms with Gasteiger partial charge in [-0.25, -0.2) is 0 Å². The molecule has 4 aromatic rings. The molecule has 0 radical (unpaired) electrons. The van der Waals surface area contributed by atoms with Crippen LogP contribution in [-0.4, -0.2) is 12.3 Å². The molecular weight excluding hydrogens is 410 g/mol. The molecule has 0 fully saturated rings. The van der Waals surface area contributed by atoms with Crippen LogP contribution in [0.4, 0.5) is 0 Å². The molecule has 0 nitrogen and oxygen atoms in total. The quantitative estimate of drug-likeness (QED) is 0.269. The van der Waals surface area contributed by atoms with Crippen LogP contribution in [0, 0.1) is 0 Å². The van der Waals surface area contributed by atoms with Gasteiger partial charge >= 0.3 is 190 Å². The van der Waals surface area contributed by atoms with E-state index in [1.165, 1.54) is 34.1 Å². The van der Waals surface area contributed by atoms with Crippen molar-refractivity contribution in [2.45, 2.75) is 18.5 Å². The topological polar surface area (TPSA) is 0 Å². The summed E-state index contributed by atoms with van der Waals surface area (Å²) in [7, 11) is 1.33. The van der Waals surface area contributed by atoms with Gasteiger partial charge in [0.25, 0.3) is 0 Å². The first-order chi connectivity index (χ1) is 15.2. The predicted molar refractivity (Wildman–Crippen MR) is 144 cm³/mol. The Hall–Kier alpha value is -2.26. The summed E-state index contributed by atoms with van der Waals surface area (Å²) in [6, 6.07) is 44.5. The Labute approximate surface area is 190 Å². The average molecular weight is 443 g/mol. The van der Waals surface area contributed by atoms with Crippen LogP contribution in [0.5, 0.6) is 0 Å². The van der Waals surface area contributed by atoms with Gasteiger partial charge in [0.05, 0.1) is 0 Å². The molecule has 1 unspecified atom stereocenters. The Morgan fingerprint density at radius 2 is 0.935 bits per heavy atom. The number of hydrogen-bond donors (Lipinski definition) is 0. The molecule has 1 atom stereocenters. The van der Waals surface area contributed by atoms with Crippen molar-refractivity contribution < 1.29 is 0 Å². The van der Waals surface area contributed by atoms with Gasteiger partial charge in [-0.15, -0.1) is 0 Å². The van der Waals surface area contributed by atoms with E-state index in [9.17, 15) is 0 Å². The molecule has 0 amide bonds. The Balaban J connectivity index is 1.79. The van der Waals surface area contributed by atoms with Crippen molar-refractivity contribution in [3.05, 3.63) is 132 Å². The fraction of sp³-hybridized carbons (Fsp3) is 0.172. The number of rotatable bonds is 8. The zero-order valence-electron chi connectivity index (χ0n) is 18.2. The Kier molecular flexibility index (Phi) is 7.02. The summed E-state index contributed by atoms with van der Waals surface area (Å²) in [4.78, 5) is 0. The second-order valence-electron chi connectivity index (χ2n) is 8.37. The molecule has 158 valence electrons. The molecule has 4 aromatic carbocycles. The number of hydrogen-bond acceptors (Lipinski definition) is 0. The second kappa shape index (κ2) is 9.91. The summed E-state index contributed by atoms with van der Waals surface area (Å²) in [6.07, 6.45) is 3.49. The Morgan fingerprint density at radius 1 is 0.581 bits per heavy atom. The van der Waals surface area contributed by atoms with E-state index < -0.39 is 7.26 Å². The van der Waals surface area contributed by atoms with Crippen molar-refractivity contribution in [2.24, 2.45) is 0 Å². The first-order valence-corrected chi connectivity index (χ1v) is 14.2. The molecule has 2 heteroatoms. The maximum atomic E-state index is 3.24. The third kappa shape index (κ3) is 4.52. The fourth-order valence-electron chi connectivity index (χ4n) is 4.89. The standard InChI is InChI=1S/C29H32P2/c1-2-31(27-19-11-5-12-20-27,28-21-13-6-14-22-28)24-23-29(30,25-15-7-3-8-16-25)26-17-9-4-10-18-26/h3-22,31H,2,23-24,30H2,1H3. The van der Waals surface area contributed by atoms with E-state index in [4.69, 9.17) is 0 Å². The third-order valence-corrected chi connectivity index (χ3v) is 12.9. The van der Waals surface area contributed by atoms with Crippen LogP contribution in [0.2, 0.25) is 0 Å². The molecule has 31 heavy (non-hydrogen) atoms. The molecule has 4 rings (SSSR count). The first kappa shape index (κ1) is 22.0. The predicted octanol–water partition coefficient (Wildman–Crippen LogP) is 6.62. The van der Waals surface area contributed by atoms with Crippen molar-refractivity contribution in [3.8, 4) is 0 Å². The van der Waals surface area contributed by atoms with E-state index in [0.717, 1.165) is 6.42 Å². The summed E-state index contributed by atoms with van der Waals surface area (Å²) >= 11 is 0. The van der Waals surface area contributed by atoms with E-state index in [2.05, 4.69) is 137 Å². The summed E-state index contributed by atoms with van der Waals surface area (Å²) in [5.74, 6) is 0. The third-order valence-electron chi connectivity index (χ3n) is 6.78. The molecular formula is C29H32P2.